The van der Waals surface area contributed by atoms with Crippen LogP contribution in [0.4, 0.5) is 0 Å². The van der Waals surface area contributed by atoms with Crippen molar-refractivity contribution in [3.05, 3.63) is 60.4 Å². The number of fused-ring (bicyclic) bond motifs is 2. The lowest BCUT2D eigenvalue weighted by Gasteiger charge is -2.19. The van der Waals surface area contributed by atoms with Gasteiger partial charge >= 0.3 is 0 Å². The van der Waals surface area contributed by atoms with Crippen LogP contribution >= 0.6 is 0 Å². The minimum absolute atomic E-state index is 0.0144. The summed E-state index contributed by atoms with van der Waals surface area (Å²) in [6.45, 7) is 11.9. The lowest BCUT2D eigenvalue weighted by atomic mass is 9.89. The summed E-state index contributed by atoms with van der Waals surface area (Å²) in [7, 11) is 0. The molecule has 134 valence electrons. The first kappa shape index (κ1) is 16.8. The Morgan fingerprint density at radius 2 is 1.92 bits per heavy atom. The second-order valence-electron chi connectivity index (χ2n) is 8.80. The Hall–Kier alpha value is -2.62. The smallest absolute Gasteiger partial charge is 0.212 e. The quantitative estimate of drug-likeness (QED) is 0.537. The molecule has 0 spiro atoms. The van der Waals surface area contributed by atoms with Crippen LogP contribution in [0.15, 0.2) is 53.3 Å². The zero-order chi connectivity index (χ0) is 18.5. The molecule has 0 radical (unpaired) electrons. The molecule has 4 aromatic rings. The van der Waals surface area contributed by atoms with Crippen molar-refractivity contribution in [1.82, 2.24) is 9.97 Å². The van der Waals surface area contributed by atoms with Crippen molar-refractivity contribution in [3.8, 4) is 0 Å². The van der Waals surface area contributed by atoms with Gasteiger partial charge in [0.2, 0.25) is 6.20 Å². The molecule has 0 amide bonds. The lowest BCUT2D eigenvalue weighted by molar-refractivity contribution is -0.703. The molecule has 0 aliphatic rings. The summed E-state index contributed by atoms with van der Waals surface area (Å²) in [6.07, 6.45) is 6.07. The summed E-state index contributed by atoms with van der Waals surface area (Å²) < 4.78 is 8.31. The zero-order valence-electron chi connectivity index (χ0n) is 16.1. The summed E-state index contributed by atoms with van der Waals surface area (Å²) in [5, 5.41) is 1.15. The van der Waals surface area contributed by atoms with E-state index in [1.54, 1.807) is 0 Å². The monoisotopic (exact) mass is 348 g/mol. The van der Waals surface area contributed by atoms with Gasteiger partial charge in [0.25, 0.3) is 0 Å². The molecule has 0 atom stereocenters. The van der Waals surface area contributed by atoms with Gasteiger partial charge in [-0.05, 0) is 38.1 Å². The highest BCUT2D eigenvalue weighted by atomic mass is 16.3. The van der Waals surface area contributed by atoms with E-state index in [1.165, 1.54) is 5.69 Å². The molecule has 0 aliphatic heterocycles. The van der Waals surface area contributed by atoms with E-state index in [0.29, 0.717) is 0 Å². The van der Waals surface area contributed by atoms with Gasteiger partial charge in [0.15, 0.2) is 18.3 Å². The number of aromatic amines is 1. The molecule has 0 aliphatic carbocycles. The Bertz CT molecular complexity index is 1050. The molecule has 0 saturated heterocycles. The summed E-state index contributed by atoms with van der Waals surface area (Å²) >= 11 is 0. The van der Waals surface area contributed by atoms with Crippen LogP contribution in [0, 0.1) is 0 Å². The van der Waals surface area contributed by atoms with Crippen molar-refractivity contribution in [2.45, 2.75) is 52.0 Å². The maximum absolute atomic E-state index is 6.10. The predicted octanol–water partition coefficient (Wildman–Crippen LogP) is 4.87. The van der Waals surface area contributed by atoms with Crippen LogP contribution in [0.5, 0.6) is 0 Å². The van der Waals surface area contributed by atoms with Gasteiger partial charge in [-0.15, -0.1) is 0 Å². The highest BCUT2D eigenvalue weighted by Gasteiger charge is 2.28. The highest BCUT2D eigenvalue weighted by Crippen LogP contribution is 2.29. The van der Waals surface area contributed by atoms with Crippen molar-refractivity contribution >= 4 is 22.0 Å². The summed E-state index contributed by atoms with van der Waals surface area (Å²) in [5.74, 6) is 1.02. The van der Waals surface area contributed by atoms with E-state index in [4.69, 9.17) is 4.42 Å². The van der Waals surface area contributed by atoms with Gasteiger partial charge < -0.3 is 9.40 Å². The minimum Gasteiger partial charge on any atom is -0.454 e. The largest absolute Gasteiger partial charge is 0.454 e. The Kier molecular flexibility index (Phi) is 3.69. The van der Waals surface area contributed by atoms with E-state index in [-0.39, 0.29) is 10.8 Å². The van der Waals surface area contributed by atoms with E-state index in [1.807, 2.05) is 12.3 Å². The number of hydrogen-bond acceptors (Lipinski definition) is 2. The van der Waals surface area contributed by atoms with Crippen molar-refractivity contribution in [3.63, 3.8) is 0 Å². The number of aromatic nitrogens is 3. The van der Waals surface area contributed by atoms with Gasteiger partial charge in [0.05, 0.1) is 16.4 Å². The van der Waals surface area contributed by atoms with Crippen LogP contribution in [0.1, 0.15) is 46.1 Å². The van der Waals surface area contributed by atoms with Crippen LogP contribution < -0.4 is 4.57 Å². The van der Waals surface area contributed by atoms with Gasteiger partial charge in [-0.25, -0.2) is 4.57 Å². The van der Waals surface area contributed by atoms with Gasteiger partial charge in [-0.1, -0.05) is 20.8 Å². The van der Waals surface area contributed by atoms with Gasteiger partial charge in [0.1, 0.15) is 5.76 Å². The number of nitrogens with one attached hydrogen (secondary N) is 1. The lowest BCUT2D eigenvalue weighted by Crippen LogP contribution is -2.42. The Labute approximate surface area is 153 Å². The molecule has 26 heavy (non-hydrogen) atoms. The zero-order valence-corrected chi connectivity index (χ0v) is 16.1. The second kappa shape index (κ2) is 5.70. The fourth-order valence-corrected chi connectivity index (χ4v) is 3.35. The molecule has 0 fully saturated rings. The molecule has 0 saturated carbocycles. The maximum Gasteiger partial charge on any atom is 0.212 e. The second-order valence-corrected chi connectivity index (χ2v) is 8.80. The first-order valence-corrected chi connectivity index (χ1v) is 9.10. The molecule has 0 aromatic carbocycles. The summed E-state index contributed by atoms with van der Waals surface area (Å²) in [5.41, 5.74) is 4.17. The summed E-state index contributed by atoms with van der Waals surface area (Å²) in [6, 6.07) is 10.5. The molecule has 0 bridgehead atoms. The van der Waals surface area contributed by atoms with E-state index in [2.05, 4.69) is 85.8 Å². The van der Waals surface area contributed by atoms with Crippen LogP contribution in [-0.4, -0.2) is 9.97 Å². The molecule has 1 N–H and O–H groups in total. The highest BCUT2D eigenvalue weighted by molar-refractivity contribution is 5.76. The Morgan fingerprint density at radius 3 is 2.65 bits per heavy atom. The Morgan fingerprint density at radius 1 is 1.12 bits per heavy atom. The van der Waals surface area contributed by atoms with Crippen LogP contribution in [0.2, 0.25) is 0 Å². The number of nitrogens with zero attached hydrogens (tertiary/aromatic N) is 2. The average Bonchev–Trinajstić information content (AvgIpc) is 3.18. The van der Waals surface area contributed by atoms with Gasteiger partial charge in [0, 0.05) is 28.8 Å². The van der Waals surface area contributed by atoms with E-state index >= 15 is 0 Å². The standard InChI is InChI=1S/C22H26N3O/c1-21(2,3)20-11-15-8-10-25(13-18(15)26-20)14-22(4,5)19-12-17-16(24-19)7-6-9-23-17/h6-13,24H,14H2,1-5H3/q+1. The molecule has 0 unspecified atom stereocenters. The van der Waals surface area contributed by atoms with Crippen molar-refractivity contribution in [1.29, 1.82) is 0 Å². The van der Waals surface area contributed by atoms with E-state index in [0.717, 1.165) is 34.3 Å². The Balaban J connectivity index is 1.66. The predicted molar refractivity (Wildman–Crippen MR) is 104 cm³/mol. The fraction of sp³-hybridized carbons (Fsp3) is 0.364. The number of H-pyrrole nitrogens is 1. The van der Waals surface area contributed by atoms with Gasteiger partial charge in [-0.2, -0.15) is 0 Å². The van der Waals surface area contributed by atoms with Crippen molar-refractivity contribution in [2.24, 2.45) is 0 Å². The molecular weight excluding hydrogens is 322 g/mol. The molecule has 4 heteroatoms. The molecular formula is C22H26N3O+. The summed E-state index contributed by atoms with van der Waals surface area (Å²) in [4.78, 5) is 7.95. The molecule has 4 nitrogen and oxygen atoms in total. The normalized spacial score (nSPS) is 13.0. The third-order valence-electron chi connectivity index (χ3n) is 4.95. The first-order valence-electron chi connectivity index (χ1n) is 9.10. The minimum atomic E-state index is -0.0571. The SMILES string of the molecule is CC(C)(C)c1cc2cc[n+](CC(C)(C)c3cc4ncccc4[nH]3)cc2o1. The number of furan rings is 1. The maximum atomic E-state index is 6.10. The van der Waals surface area contributed by atoms with Crippen LogP contribution in [-0.2, 0) is 17.4 Å². The number of hydrogen-bond donors (Lipinski definition) is 1. The molecule has 4 rings (SSSR count). The van der Waals surface area contributed by atoms with Crippen LogP contribution in [0.3, 0.4) is 0 Å². The van der Waals surface area contributed by atoms with Crippen molar-refractivity contribution < 1.29 is 8.98 Å². The third-order valence-corrected chi connectivity index (χ3v) is 4.95. The third kappa shape index (κ3) is 3.00. The van der Waals surface area contributed by atoms with Crippen LogP contribution in [0.25, 0.3) is 22.0 Å². The molecule has 4 heterocycles. The topological polar surface area (TPSA) is 45.7 Å². The van der Waals surface area contributed by atoms with E-state index < -0.39 is 0 Å². The number of pyridine rings is 2. The van der Waals surface area contributed by atoms with Crippen molar-refractivity contribution in [2.75, 3.05) is 0 Å². The van der Waals surface area contributed by atoms with Gasteiger partial charge in [-0.3, -0.25) is 4.98 Å². The average molecular weight is 348 g/mol. The fourth-order valence-electron chi connectivity index (χ4n) is 3.35. The van der Waals surface area contributed by atoms with E-state index in [9.17, 15) is 0 Å². The number of rotatable bonds is 3. The molecule has 4 aromatic heterocycles. The first-order chi connectivity index (χ1) is 12.2.